The first-order valence-electron chi connectivity index (χ1n) is 11.1. The maximum atomic E-state index is 10.8. The van der Waals surface area contributed by atoms with Gasteiger partial charge in [-0.05, 0) is 16.7 Å². The average molecular weight is 451 g/mol. The molecular weight excluding hydrogens is 420 g/mol. The number of hydrogen-bond acceptors (Lipinski definition) is 6. The summed E-state index contributed by atoms with van der Waals surface area (Å²) in [6.07, 6.45) is -4.77. The molecule has 1 saturated heterocycles. The lowest BCUT2D eigenvalue weighted by atomic mass is 10.0. The summed E-state index contributed by atoms with van der Waals surface area (Å²) in [5, 5.41) is 21.2. The Morgan fingerprint density at radius 2 is 1.03 bits per heavy atom. The zero-order chi connectivity index (χ0) is 22.9. The molecule has 0 unspecified atom stereocenters. The van der Waals surface area contributed by atoms with Gasteiger partial charge in [0.1, 0.15) is 24.4 Å². The fourth-order valence-electron chi connectivity index (χ4n) is 3.80. The van der Waals surface area contributed by atoms with Crippen molar-refractivity contribution < 1.29 is 29.2 Å². The second-order valence-corrected chi connectivity index (χ2v) is 8.07. The van der Waals surface area contributed by atoms with E-state index < -0.39 is 30.7 Å². The third-order valence-corrected chi connectivity index (χ3v) is 5.63. The summed E-state index contributed by atoms with van der Waals surface area (Å²) < 4.78 is 24.1. The predicted molar refractivity (Wildman–Crippen MR) is 123 cm³/mol. The van der Waals surface area contributed by atoms with Crippen LogP contribution in [0.3, 0.4) is 0 Å². The smallest absolute Gasteiger partial charge is 0.183 e. The first kappa shape index (κ1) is 23.6. The quantitative estimate of drug-likeness (QED) is 0.520. The van der Waals surface area contributed by atoms with E-state index in [1.807, 2.05) is 91.0 Å². The van der Waals surface area contributed by atoms with Gasteiger partial charge in [0.05, 0.1) is 26.4 Å². The molecule has 1 aliphatic heterocycles. The van der Waals surface area contributed by atoms with Crippen LogP contribution in [0.2, 0.25) is 0 Å². The number of aliphatic hydroxyl groups is 2. The molecule has 6 heteroatoms. The molecule has 5 atom stereocenters. The molecule has 0 bridgehead atoms. The number of benzene rings is 3. The maximum absolute atomic E-state index is 10.8. The van der Waals surface area contributed by atoms with Gasteiger partial charge < -0.3 is 29.2 Å². The van der Waals surface area contributed by atoms with Crippen molar-refractivity contribution in [3.05, 3.63) is 108 Å². The maximum Gasteiger partial charge on any atom is 0.183 e. The molecule has 6 nitrogen and oxygen atoms in total. The first-order valence-corrected chi connectivity index (χ1v) is 11.1. The van der Waals surface area contributed by atoms with Crippen molar-refractivity contribution in [3.8, 4) is 0 Å². The molecule has 174 valence electrons. The zero-order valence-electron chi connectivity index (χ0n) is 18.4. The van der Waals surface area contributed by atoms with Crippen LogP contribution in [0.4, 0.5) is 0 Å². The summed E-state index contributed by atoms with van der Waals surface area (Å²) in [5.74, 6) is 0. The van der Waals surface area contributed by atoms with E-state index in [0.717, 1.165) is 16.7 Å². The highest BCUT2D eigenvalue weighted by Crippen LogP contribution is 2.25. The Kier molecular flexibility index (Phi) is 8.60. The summed E-state index contributed by atoms with van der Waals surface area (Å²) in [6, 6.07) is 29.2. The second kappa shape index (κ2) is 12.0. The van der Waals surface area contributed by atoms with Gasteiger partial charge in [0.25, 0.3) is 0 Å². The van der Waals surface area contributed by atoms with Crippen LogP contribution in [-0.4, -0.2) is 47.5 Å². The highest BCUT2D eigenvalue weighted by molar-refractivity contribution is 5.15. The molecule has 4 rings (SSSR count). The molecule has 1 heterocycles. The third kappa shape index (κ3) is 6.71. The fourth-order valence-corrected chi connectivity index (χ4v) is 3.80. The SMILES string of the molecule is O[C@H]1[C@H](OCc2ccccc2)[C@@H](OCc2ccccc2)[C@H](OCc2ccccc2)CO[C@H]1O. The molecule has 0 amide bonds. The van der Waals surface area contributed by atoms with Gasteiger partial charge in [-0.2, -0.15) is 0 Å². The molecular formula is C27H30O6. The van der Waals surface area contributed by atoms with Crippen LogP contribution in [0.5, 0.6) is 0 Å². The van der Waals surface area contributed by atoms with Gasteiger partial charge in [-0.25, -0.2) is 0 Å². The van der Waals surface area contributed by atoms with Gasteiger partial charge in [0, 0.05) is 0 Å². The Labute approximate surface area is 194 Å². The lowest BCUT2D eigenvalue weighted by Crippen LogP contribution is -2.49. The minimum Gasteiger partial charge on any atom is -0.385 e. The lowest BCUT2D eigenvalue weighted by Gasteiger charge is -2.33. The number of rotatable bonds is 9. The van der Waals surface area contributed by atoms with Crippen molar-refractivity contribution in [2.75, 3.05) is 6.61 Å². The molecule has 0 saturated carbocycles. The van der Waals surface area contributed by atoms with Gasteiger partial charge in [-0.3, -0.25) is 0 Å². The van der Waals surface area contributed by atoms with Crippen molar-refractivity contribution >= 4 is 0 Å². The molecule has 0 spiro atoms. The molecule has 0 aliphatic carbocycles. The molecule has 33 heavy (non-hydrogen) atoms. The summed E-state index contributed by atoms with van der Waals surface area (Å²) >= 11 is 0. The summed E-state index contributed by atoms with van der Waals surface area (Å²) in [5.41, 5.74) is 2.95. The van der Waals surface area contributed by atoms with E-state index >= 15 is 0 Å². The van der Waals surface area contributed by atoms with E-state index in [1.54, 1.807) is 0 Å². The van der Waals surface area contributed by atoms with Gasteiger partial charge in [0.2, 0.25) is 0 Å². The summed E-state index contributed by atoms with van der Waals surface area (Å²) in [7, 11) is 0. The highest BCUT2D eigenvalue weighted by atomic mass is 16.6. The minimum absolute atomic E-state index is 0.0652. The second-order valence-electron chi connectivity index (χ2n) is 8.07. The van der Waals surface area contributed by atoms with Crippen molar-refractivity contribution in [2.45, 2.75) is 50.5 Å². The van der Waals surface area contributed by atoms with E-state index in [2.05, 4.69) is 0 Å². The van der Waals surface area contributed by atoms with E-state index in [0.29, 0.717) is 13.2 Å². The molecule has 1 fully saturated rings. The number of aliphatic hydroxyl groups excluding tert-OH is 2. The van der Waals surface area contributed by atoms with Crippen LogP contribution in [0.15, 0.2) is 91.0 Å². The molecule has 2 N–H and O–H groups in total. The summed E-state index contributed by atoms with van der Waals surface area (Å²) in [6.45, 7) is 0.976. The van der Waals surface area contributed by atoms with E-state index in [1.165, 1.54) is 0 Å². The Bertz CT molecular complexity index is 937. The van der Waals surface area contributed by atoms with Crippen LogP contribution >= 0.6 is 0 Å². The lowest BCUT2D eigenvalue weighted by molar-refractivity contribution is -0.199. The van der Waals surface area contributed by atoms with Crippen LogP contribution in [0, 0.1) is 0 Å². The van der Waals surface area contributed by atoms with Crippen LogP contribution in [0.1, 0.15) is 16.7 Å². The predicted octanol–water partition coefficient (Wildman–Crippen LogP) is 3.45. The normalized spacial score (nSPS) is 25.5. The van der Waals surface area contributed by atoms with E-state index in [-0.39, 0.29) is 13.2 Å². The topological polar surface area (TPSA) is 77.4 Å². The minimum atomic E-state index is -1.40. The Morgan fingerprint density at radius 1 is 0.606 bits per heavy atom. The Morgan fingerprint density at radius 3 is 1.52 bits per heavy atom. The highest BCUT2D eigenvalue weighted by Gasteiger charge is 2.43. The average Bonchev–Trinajstić information content (AvgIpc) is 2.98. The van der Waals surface area contributed by atoms with E-state index in [4.69, 9.17) is 18.9 Å². The third-order valence-electron chi connectivity index (χ3n) is 5.63. The van der Waals surface area contributed by atoms with E-state index in [9.17, 15) is 10.2 Å². The Balaban J connectivity index is 1.53. The monoisotopic (exact) mass is 450 g/mol. The zero-order valence-corrected chi connectivity index (χ0v) is 18.4. The fraction of sp³-hybridized carbons (Fsp3) is 0.333. The van der Waals surface area contributed by atoms with Crippen molar-refractivity contribution in [3.63, 3.8) is 0 Å². The number of ether oxygens (including phenoxy) is 4. The van der Waals surface area contributed by atoms with Crippen molar-refractivity contribution in [1.29, 1.82) is 0 Å². The number of hydrogen-bond donors (Lipinski definition) is 2. The van der Waals surface area contributed by atoms with Crippen molar-refractivity contribution in [2.24, 2.45) is 0 Å². The summed E-state index contributed by atoms with van der Waals surface area (Å²) in [4.78, 5) is 0. The molecule has 0 radical (unpaired) electrons. The van der Waals surface area contributed by atoms with Crippen LogP contribution in [0.25, 0.3) is 0 Å². The molecule has 0 aromatic heterocycles. The van der Waals surface area contributed by atoms with Gasteiger partial charge in [-0.1, -0.05) is 91.0 Å². The largest absolute Gasteiger partial charge is 0.385 e. The van der Waals surface area contributed by atoms with Crippen LogP contribution in [-0.2, 0) is 38.8 Å². The molecule has 3 aromatic carbocycles. The van der Waals surface area contributed by atoms with Gasteiger partial charge >= 0.3 is 0 Å². The standard InChI is InChI=1S/C27H30O6/c28-24-26(32-18-22-14-8-3-9-15-22)25(31-17-21-12-6-2-7-13-21)23(19-33-27(24)29)30-16-20-10-4-1-5-11-20/h1-15,23-29H,16-19H2/t23-,24+,25+,26+,27-/m1/s1. The van der Waals surface area contributed by atoms with Gasteiger partial charge in [-0.15, -0.1) is 0 Å². The Hall–Kier alpha value is -2.58. The first-order chi connectivity index (χ1) is 16.2. The molecule has 1 aliphatic rings. The molecule has 3 aromatic rings. The van der Waals surface area contributed by atoms with Crippen LogP contribution < -0.4 is 0 Å². The van der Waals surface area contributed by atoms with Gasteiger partial charge in [0.15, 0.2) is 6.29 Å². The van der Waals surface area contributed by atoms with Crippen molar-refractivity contribution in [1.82, 2.24) is 0 Å².